The number of rotatable bonds is 6. The quantitative estimate of drug-likeness (QED) is 0.475. The van der Waals surface area contributed by atoms with Crippen LogP contribution in [0.3, 0.4) is 0 Å². The molecular weight excluding hydrogens is 196 g/mol. The van der Waals surface area contributed by atoms with Gasteiger partial charge in [-0.3, -0.25) is 4.29 Å². The maximum atomic E-state index is 5.18. The van der Waals surface area contributed by atoms with Crippen molar-refractivity contribution in [2.24, 2.45) is 11.8 Å². The van der Waals surface area contributed by atoms with E-state index in [0.717, 1.165) is 18.3 Å². The Hall–Kier alpha value is -0.0100. The van der Waals surface area contributed by atoms with Crippen molar-refractivity contribution < 1.29 is 4.29 Å². The molecule has 0 amide bonds. The third-order valence-corrected chi connectivity index (χ3v) is 3.37. The molecule has 2 atom stereocenters. The smallest absolute Gasteiger partial charge is 0.0682 e. The Kier molecular flexibility index (Phi) is 5.57. The normalized spacial score (nSPS) is 27.1. The topological polar surface area (TPSA) is 9.23 Å². The van der Waals surface area contributed by atoms with Crippen LogP contribution in [0.1, 0.15) is 45.4 Å². The molecule has 1 rings (SSSR count). The molecule has 2 heteroatoms. The largest absolute Gasteiger partial charge is 0.279 e. The van der Waals surface area contributed by atoms with Crippen LogP contribution in [0.4, 0.5) is 0 Å². The molecule has 0 radical (unpaired) electrons. The first-order chi connectivity index (χ1) is 6.77. The van der Waals surface area contributed by atoms with Gasteiger partial charge in [0, 0.05) is 0 Å². The SMILES string of the molecule is C=C1CC(CCCOCl)C[C@H]1CCC. The van der Waals surface area contributed by atoms with Gasteiger partial charge in [-0.1, -0.05) is 25.5 Å². The number of halogens is 1. The predicted molar refractivity (Wildman–Crippen MR) is 61.3 cm³/mol. The van der Waals surface area contributed by atoms with Crippen molar-refractivity contribution in [2.75, 3.05) is 6.61 Å². The van der Waals surface area contributed by atoms with E-state index in [1.807, 2.05) is 0 Å². The van der Waals surface area contributed by atoms with Gasteiger partial charge < -0.3 is 0 Å². The Balaban J connectivity index is 2.21. The zero-order chi connectivity index (χ0) is 10.4. The summed E-state index contributed by atoms with van der Waals surface area (Å²) in [6, 6.07) is 0. The highest BCUT2D eigenvalue weighted by atomic mass is 35.5. The highest BCUT2D eigenvalue weighted by Crippen LogP contribution is 2.39. The van der Waals surface area contributed by atoms with Crippen LogP contribution in [-0.4, -0.2) is 6.61 Å². The molecule has 1 nitrogen and oxygen atoms in total. The highest BCUT2D eigenvalue weighted by molar-refractivity contribution is 6.07. The molecule has 1 saturated carbocycles. The molecule has 82 valence electrons. The van der Waals surface area contributed by atoms with Gasteiger partial charge >= 0.3 is 0 Å². The van der Waals surface area contributed by atoms with Crippen LogP contribution in [0, 0.1) is 11.8 Å². The Morgan fingerprint density at radius 1 is 1.50 bits per heavy atom. The van der Waals surface area contributed by atoms with Crippen molar-refractivity contribution in [3.05, 3.63) is 12.2 Å². The van der Waals surface area contributed by atoms with E-state index in [-0.39, 0.29) is 0 Å². The van der Waals surface area contributed by atoms with Gasteiger partial charge in [-0.05, 0) is 43.9 Å². The summed E-state index contributed by atoms with van der Waals surface area (Å²) in [5, 5.41) is 0. The Morgan fingerprint density at radius 3 is 2.93 bits per heavy atom. The van der Waals surface area contributed by atoms with Crippen LogP contribution in [0.2, 0.25) is 0 Å². The Labute approximate surface area is 92.6 Å². The fraction of sp³-hybridized carbons (Fsp3) is 0.833. The van der Waals surface area contributed by atoms with E-state index in [1.165, 1.54) is 37.7 Å². The molecule has 1 fully saturated rings. The van der Waals surface area contributed by atoms with E-state index in [0.29, 0.717) is 6.61 Å². The molecule has 1 aliphatic rings. The van der Waals surface area contributed by atoms with E-state index in [4.69, 9.17) is 11.9 Å². The van der Waals surface area contributed by atoms with Crippen molar-refractivity contribution in [1.82, 2.24) is 0 Å². The lowest BCUT2D eigenvalue weighted by Gasteiger charge is -2.09. The summed E-state index contributed by atoms with van der Waals surface area (Å²) in [5.41, 5.74) is 1.48. The van der Waals surface area contributed by atoms with Crippen molar-refractivity contribution in [3.8, 4) is 0 Å². The van der Waals surface area contributed by atoms with Gasteiger partial charge in [-0.15, -0.1) is 0 Å². The zero-order valence-electron chi connectivity index (χ0n) is 9.10. The third kappa shape index (κ3) is 3.62. The monoisotopic (exact) mass is 216 g/mol. The number of allylic oxidation sites excluding steroid dienone is 1. The van der Waals surface area contributed by atoms with Gasteiger partial charge in [-0.25, -0.2) is 0 Å². The standard InChI is InChI=1S/C12H21ClO/c1-3-5-12-9-11(8-10(12)2)6-4-7-14-13/h11-12H,2-9H2,1H3/t11?,12-/m1/s1. The molecule has 14 heavy (non-hydrogen) atoms. The van der Waals surface area contributed by atoms with Crippen LogP contribution in [-0.2, 0) is 4.29 Å². The lowest BCUT2D eigenvalue weighted by atomic mass is 9.97. The minimum atomic E-state index is 0.684. The molecular formula is C12H21ClO. The molecule has 1 unspecified atom stereocenters. The first kappa shape index (κ1) is 12.1. The fourth-order valence-corrected chi connectivity index (χ4v) is 2.62. The third-order valence-electron chi connectivity index (χ3n) is 3.22. The molecule has 0 aromatic rings. The van der Waals surface area contributed by atoms with Gasteiger partial charge in [0.2, 0.25) is 0 Å². The first-order valence-corrected chi connectivity index (χ1v) is 6.00. The first-order valence-electron chi connectivity index (χ1n) is 5.69. The van der Waals surface area contributed by atoms with Crippen molar-refractivity contribution in [3.63, 3.8) is 0 Å². The van der Waals surface area contributed by atoms with E-state index >= 15 is 0 Å². The molecule has 0 N–H and O–H groups in total. The van der Waals surface area contributed by atoms with Crippen LogP contribution >= 0.6 is 11.9 Å². The minimum Gasteiger partial charge on any atom is -0.279 e. The van der Waals surface area contributed by atoms with E-state index < -0.39 is 0 Å². The second kappa shape index (κ2) is 6.47. The van der Waals surface area contributed by atoms with Crippen molar-refractivity contribution >= 4 is 11.9 Å². The van der Waals surface area contributed by atoms with Crippen LogP contribution in [0.5, 0.6) is 0 Å². The second-order valence-electron chi connectivity index (χ2n) is 4.41. The van der Waals surface area contributed by atoms with E-state index in [9.17, 15) is 0 Å². The van der Waals surface area contributed by atoms with Crippen molar-refractivity contribution in [2.45, 2.75) is 45.4 Å². The lowest BCUT2D eigenvalue weighted by molar-refractivity contribution is 0.316. The van der Waals surface area contributed by atoms with Gasteiger partial charge in [0.05, 0.1) is 18.5 Å². The van der Waals surface area contributed by atoms with Gasteiger partial charge in [0.15, 0.2) is 0 Å². The summed E-state index contributed by atoms with van der Waals surface area (Å²) in [7, 11) is 0. The molecule has 0 heterocycles. The molecule has 0 aromatic carbocycles. The van der Waals surface area contributed by atoms with Crippen LogP contribution < -0.4 is 0 Å². The summed E-state index contributed by atoms with van der Waals surface area (Å²) in [6.45, 7) is 7.11. The van der Waals surface area contributed by atoms with Crippen molar-refractivity contribution in [1.29, 1.82) is 0 Å². The van der Waals surface area contributed by atoms with E-state index in [1.54, 1.807) is 0 Å². The molecule has 1 aliphatic carbocycles. The zero-order valence-corrected chi connectivity index (χ0v) is 9.85. The summed E-state index contributed by atoms with van der Waals surface area (Å²) in [5.74, 6) is 1.63. The van der Waals surface area contributed by atoms with Gasteiger partial charge in [0.25, 0.3) is 0 Å². The summed E-state index contributed by atoms with van der Waals surface area (Å²) in [4.78, 5) is 0. The fourth-order valence-electron chi connectivity index (χ4n) is 2.51. The highest BCUT2D eigenvalue weighted by Gasteiger charge is 2.26. The van der Waals surface area contributed by atoms with Crippen LogP contribution in [0.15, 0.2) is 12.2 Å². The van der Waals surface area contributed by atoms with Gasteiger partial charge in [0.1, 0.15) is 0 Å². The molecule has 0 aliphatic heterocycles. The summed E-state index contributed by atoms with van der Waals surface area (Å²) < 4.78 is 4.55. The maximum absolute atomic E-state index is 5.18. The average molecular weight is 217 g/mol. The predicted octanol–water partition coefficient (Wildman–Crippen LogP) is 4.32. The summed E-state index contributed by atoms with van der Waals surface area (Å²) >= 11 is 5.18. The van der Waals surface area contributed by atoms with Crippen LogP contribution in [0.25, 0.3) is 0 Å². The molecule has 0 bridgehead atoms. The average Bonchev–Trinajstić information content (AvgIpc) is 2.49. The minimum absolute atomic E-state index is 0.684. The van der Waals surface area contributed by atoms with Gasteiger partial charge in [-0.2, -0.15) is 0 Å². The number of hydrogen-bond donors (Lipinski definition) is 0. The summed E-state index contributed by atoms with van der Waals surface area (Å²) in [6.07, 6.45) is 7.50. The Bertz CT molecular complexity index is 179. The number of hydrogen-bond acceptors (Lipinski definition) is 1. The lowest BCUT2D eigenvalue weighted by Crippen LogP contribution is -1.98. The molecule has 0 spiro atoms. The molecule has 0 saturated heterocycles. The Morgan fingerprint density at radius 2 is 2.29 bits per heavy atom. The second-order valence-corrected chi connectivity index (χ2v) is 4.62. The maximum Gasteiger partial charge on any atom is 0.0682 e. The molecule has 0 aromatic heterocycles. The van der Waals surface area contributed by atoms with E-state index in [2.05, 4.69) is 17.8 Å².